The van der Waals surface area contributed by atoms with Crippen molar-refractivity contribution in [2.45, 2.75) is 25.6 Å². The van der Waals surface area contributed by atoms with E-state index in [1.165, 1.54) is 4.90 Å². The van der Waals surface area contributed by atoms with Crippen molar-refractivity contribution in [3.8, 4) is 0 Å². The molecule has 1 aromatic carbocycles. The highest BCUT2D eigenvalue weighted by molar-refractivity contribution is 5.25. The molecule has 0 saturated carbocycles. The van der Waals surface area contributed by atoms with Crippen LogP contribution in [0, 0.1) is 6.92 Å². The Balaban J connectivity index is 2.63. The molecular formula is C15H23F3N2O. The maximum Gasteiger partial charge on any atom is 0.401 e. The highest BCUT2D eigenvalue weighted by Crippen LogP contribution is 2.20. The molecule has 0 bridgehead atoms. The Labute approximate surface area is 123 Å². The number of hydrogen-bond acceptors (Lipinski definition) is 3. The molecular weight excluding hydrogens is 281 g/mol. The maximum absolute atomic E-state index is 12.5. The van der Waals surface area contributed by atoms with Crippen molar-refractivity contribution in [2.75, 3.05) is 33.3 Å². The number of aliphatic hydroxyl groups excluding tert-OH is 1. The highest BCUT2D eigenvalue weighted by Gasteiger charge is 2.30. The van der Waals surface area contributed by atoms with Gasteiger partial charge in [0.1, 0.15) is 0 Å². The van der Waals surface area contributed by atoms with Crippen LogP contribution in [0.1, 0.15) is 23.6 Å². The SMILES string of the molecule is CNC(CCN(CCO)CC(F)(F)F)c1cccc(C)c1. The Morgan fingerprint density at radius 2 is 2.00 bits per heavy atom. The lowest BCUT2D eigenvalue weighted by Gasteiger charge is -2.25. The summed E-state index contributed by atoms with van der Waals surface area (Å²) >= 11 is 0. The second kappa shape index (κ2) is 8.36. The minimum Gasteiger partial charge on any atom is -0.395 e. The van der Waals surface area contributed by atoms with Crippen LogP contribution in [0.4, 0.5) is 13.2 Å². The van der Waals surface area contributed by atoms with Crippen LogP contribution in [0.3, 0.4) is 0 Å². The van der Waals surface area contributed by atoms with Crippen LogP contribution >= 0.6 is 0 Å². The number of rotatable bonds is 8. The van der Waals surface area contributed by atoms with E-state index in [1.807, 2.05) is 31.2 Å². The van der Waals surface area contributed by atoms with Crippen LogP contribution in [-0.2, 0) is 0 Å². The molecule has 6 heteroatoms. The summed E-state index contributed by atoms with van der Waals surface area (Å²) in [4.78, 5) is 1.24. The molecule has 21 heavy (non-hydrogen) atoms. The predicted molar refractivity (Wildman–Crippen MR) is 77.2 cm³/mol. The van der Waals surface area contributed by atoms with Crippen LogP contribution < -0.4 is 5.32 Å². The van der Waals surface area contributed by atoms with E-state index in [2.05, 4.69) is 5.32 Å². The maximum atomic E-state index is 12.5. The van der Waals surface area contributed by atoms with E-state index in [0.717, 1.165) is 11.1 Å². The minimum atomic E-state index is -4.24. The van der Waals surface area contributed by atoms with E-state index in [4.69, 9.17) is 5.11 Å². The molecule has 1 aromatic rings. The summed E-state index contributed by atoms with van der Waals surface area (Å²) in [5.41, 5.74) is 2.18. The fourth-order valence-corrected chi connectivity index (χ4v) is 2.34. The second-order valence-electron chi connectivity index (χ2n) is 5.16. The fourth-order valence-electron chi connectivity index (χ4n) is 2.34. The van der Waals surface area contributed by atoms with Crippen molar-refractivity contribution in [3.05, 3.63) is 35.4 Å². The van der Waals surface area contributed by atoms with Crippen LogP contribution in [0.5, 0.6) is 0 Å². The molecule has 0 heterocycles. The zero-order valence-corrected chi connectivity index (χ0v) is 12.5. The van der Waals surface area contributed by atoms with Gasteiger partial charge in [-0.05, 0) is 26.0 Å². The summed E-state index contributed by atoms with van der Waals surface area (Å²) in [7, 11) is 1.80. The molecule has 0 aliphatic carbocycles. The van der Waals surface area contributed by atoms with Gasteiger partial charge in [-0.2, -0.15) is 13.2 Å². The average molecular weight is 304 g/mol. The lowest BCUT2D eigenvalue weighted by Crippen LogP contribution is -2.38. The van der Waals surface area contributed by atoms with Crippen LogP contribution in [0.15, 0.2) is 24.3 Å². The van der Waals surface area contributed by atoms with Gasteiger partial charge < -0.3 is 10.4 Å². The van der Waals surface area contributed by atoms with Gasteiger partial charge in [0.05, 0.1) is 13.2 Å². The van der Waals surface area contributed by atoms with Gasteiger partial charge in [-0.15, -0.1) is 0 Å². The molecule has 1 atom stereocenters. The first-order valence-electron chi connectivity index (χ1n) is 6.99. The van der Waals surface area contributed by atoms with Gasteiger partial charge in [0.2, 0.25) is 0 Å². The number of halogens is 3. The Kier molecular flexibility index (Phi) is 7.14. The van der Waals surface area contributed by atoms with E-state index in [0.29, 0.717) is 6.42 Å². The zero-order chi connectivity index (χ0) is 15.9. The molecule has 2 N–H and O–H groups in total. The monoisotopic (exact) mass is 304 g/mol. The molecule has 0 aliphatic heterocycles. The third kappa shape index (κ3) is 6.93. The van der Waals surface area contributed by atoms with Gasteiger partial charge in [0.25, 0.3) is 0 Å². The van der Waals surface area contributed by atoms with E-state index >= 15 is 0 Å². The number of nitrogens with one attached hydrogen (secondary N) is 1. The number of aryl methyl sites for hydroxylation is 1. The Morgan fingerprint density at radius 1 is 1.29 bits per heavy atom. The van der Waals surface area contributed by atoms with E-state index in [-0.39, 0.29) is 25.7 Å². The van der Waals surface area contributed by atoms with Crippen LogP contribution in [0.2, 0.25) is 0 Å². The van der Waals surface area contributed by atoms with Crippen molar-refractivity contribution in [1.82, 2.24) is 10.2 Å². The number of alkyl halides is 3. The number of nitrogens with zero attached hydrogens (tertiary/aromatic N) is 1. The molecule has 0 saturated heterocycles. The third-order valence-corrected chi connectivity index (χ3v) is 3.35. The van der Waals surface area contributed by atoms with Crippen molar-refractivity contribution in [3.63, 3.8) is 0 Å². The normalized spacial score (nSPS) is 13.7. The molecule has 120 valence electrons. The Hall–Kier alpha value is -1.11. The second-order valence-corrected chi connectivity index (χ2v) is 5.16. The average Bonchev–Trinajstić information content (AvgIpc) is 2.38. The number of hydrogen-bond donors (Lipinski definition) is 2. The molecule has 0 radical (unpaired) electrons. The molecule has 1 unspecified atom stereocenters. The summed E-state index contributed by atoms with van der Waals surface area (Å²) in [6, 6.07) is 7.92. The summed E-state index contributed by atoms with van der Waals surface area (Å²) in [6.45, 7) is 1.03. The van der Waals surface area contributed by atoms with Gasteiger partial charge in [-0.25, -0.2) is 0 Å². The van der Waals surface area contributed by atoms with Gasteiger partial charge in [-0.3, -0.25) is 4.90 Å². The molecule has 0 fully saturated rings. The molecule has 0 aromatic heterocycles. The minimum absolute atomic E-state index is 0.000624. The molecule has 0 aliphatic rings. The van der Waals surface area contributed by atoms with Gasteiger partial charge in [0, 0.05) is 19.1 Å². The van der Waals surface area contributed by atoms with Crippen molar-refractivity contribution >= 4 is 0 Å². The zero-order valence-electron chi connectivity index (χ0n) is 12.5. The van der Waals surface area contributed by atoms with Crippen LogP contribution in [-0.4, -0.2) is 49.5 Å². The molecule has 3 nitrogen and oxygen atoms in total. The fraction of sp³-hybridized carbons (Fsp3) is 0.600. The van der Waals surface area contributed by atoms with E-state index < -0.39 is 12.7 Å². The predicted octanol–water partition coefficient (Wildman–Crippen LogP) is 2.50. The first kappa shape index (κ1) is 17.9. The Morgan fingerprint density at radius 3 is 2.52 bits per heavy atom. The smallest absolute Gasteiger partial charge is 0.395 e. The van der Waals surface area contributed by atoms with Crippen molar-refractivity contribution < 1.29 is 18.3 Å². The number of benzene rings is 1. The Bertz CT molecular complexity index is 424. The summed E-state index contributed by atoms with van der Waals surface area (Å²) in [6.07, 6.45) is -3.69. The third-order valence-electron chi connectivity index (χ3n) is 3.35. The van der Waals surface area contributed by atoms with E-state index in [1.54, 1.807) is 7.05 Å². The van der Waals surface area contributed by atoms with E-state index in [9.17, 15) is 13.2 Å². The molecule has 0 spiro atoms. The summed E-state index contributed by atoms with van der Waals surface area (Å²) in [5.74, 6) is 0. The van der Waals surface area contributed by atoms with Crippen molar-refractivity contribution in [2.24, 2.45) is 0 Å². The van der Waals surface area contributed by atoms with Gasteiger partial charge >= 0.3 is 6.18 Å². The van der Waals surface area contributed by atoms with Crippen LogP contribution in [0.25, 0.3) is 0 Å². The van der Waals surface area contributed by atoms with Gasteiger partial charge in [-0.1, -0.05) is 29.8 Å². The quantitative estimate of drug-likeness (QED) is 0.774. The first-order valence-corrected chi connectivity index (χ1v) is 6.99. The largest absolute Gasteiger partial charge is 0.401 e. The lowest BCUT2D eigenvalue weighted by molar-refractivity contribution is -0.147. The van der Waals surface area contributed by atoms with Crippen molar-refractivity contribution in [1.29, 1.82) is 0 Å². The lowest BCUT2D eigenvalue weighted by atomic mass is 10.0. The molecule has 1 rings (SSSR count). The summed E-state index contributed by atoms with van der Waals surface area (Å²) in [5, 5.41) is 12.0. The summed E-state index contributed by atoms with van der Waals surface area (Å²) < 4.78 is 37.4. The van der Waals surface area contributed by atoms with Gasteiger partial charge in [0.15, 0.2) is 0 Å². The first-order chi connectivity index (χ1) is 9.85. The topological polar surface area (TPSA) is 35.5 Å². The molecule has 0 amide bonds. The highest BCUT2D eigenvalue weighted by atomic mass is 19.4. The standard InChI is InChI=1S/C15H23F3N2O/c1-12-4-3-5-13(10-12)14(19-2)6-7-20(8-9-21)11-15(16,17)18/h3-5,10,14,19,21H,6-9,11H2,1-2H3. The number of aliphatic hydroxyl groups is 1.